The van der Waals surface area contributed by atoms with Crippen molar-refractivity contribution in [2.75, 3.05) is 6.54 Å². The van der Waals surface area contributed by atoms with Gasteiger partial charge in [0.05, 0.1) is 0 Å². The Balaban J connectivity index is 2.22. The molecule has 0 fully saturated rings. The van der Waals surface area contributed by atoms with Crippen LogP contribution in [0.25, 0.3) is 0 Å². The maximum Gasteiger partial charge on any atom is 0.321 e. The SMILES string of the molecule is CC(CC(=O)O)CC(=O)NC(=O)NCCc1nncn1C. The molecule has 1 rings (SSSR count). The standard InChI is InChI=1S/C12H19N5O4/c1-8(6-11(19)20)5-10(18)15-12(21)13-4-3-9-16-14-7-17(9)2/h7-8H,3-6H2,1-2H3,(H,19,20)(H2,13,15,18,21). The van der Waals surface area contributed by atoms with E-state index in [1.54, 1.807) is 24.9 Å². The molecular formula is C12H19N5O4. The second kappa shape index (κ2) is 7.98. The van der Waals surface area contributed by atoms with Crippen molar-refractivity contribution in [3.05, 3.63) is 12.2 Å². The van der Waals surface area contributed by atoms with Gasteiger partial charge in [0.1, 0.15) is 12.2 Å². The number of rotatable bonds is 7. The van der Waals surface area contributed by atoms with Crippen molar-refractivity contribution in [2.24, 2.45) is 13.0 Å². The van der Waals surface area contributed by atoms with Crippen molar-refractivity contribution in [1.82, 2.24) is 25.4 Å². The number of amides is 3. The van der Waals surface area contributed by atoms with E-state index in [9.17, 15) is 14.4 Å². The molecular weight excluding hydrogens is 278 g/mol. The van der Waals surface area contributed by atoms with E-state index < -0.39 is 17.9 Å². The summed E-state index contributed by atoms with van der Waals surface area (Å²) in [6.45, 7) is 1.95. The topological polar surface area (TPSA) is 126 Å². The van der Waals surface area contributed by atoms with Gasteiger partial charge in [0.25, 0.3) is 0 Å². The van der Waals surface area contributed by atoms with E-state index in [0.717, 1.165) is 5.82 Å². The van der Waals surface area contributed by atoms with E-state index in [4.69, 9.17) is 5.11 Å². The van der Waals surface area contributed by atoms with Crippen LogP contribution in [0.2, 0.25) is 0 Å². The molecule has 1 heterocycles. The maximum atomic E-state index is 11.5. The summed E-state index contributed by atoms with van der Waals surface area (Å²) in [6.07, 6.45) is 1.93. The van der Waals surface area contributed by atoms with Crippen molar-refractivity contribution < 1.29 is 19.5 Å². The van der Waals surface area contributed by atoms with Crippen LogP contribution in [-0.4, -0.2) is 44.3 Å². The molecule has 0 spiro atoms. The van der Waals surface area contributed by atoms with Gasteiger partial charge in [-0.05, 0) is 5.92 Å². The van der Waals surface area contributed by atoms with Gasteiger partial charge in [-0.15, -0.1) is 10.2 Å². The van der Waals surface area contributed by atoms with Crippen LogP contribution in [0, 0.1) is 5.92 Å². The number of hydrogen-bond donors (Lipinski definition) is 3. The monoisotopic (exact) mass is 297 g/mol. The molecule has 0 radical (unpaired) electrons. The number of aliphatic carboxylic acids is 1. The fourth-order valence-electron chi connectivity index (χ4n) is 1.73. The zero-order valence-corrected chi connectivity index (χ0v) is 12.0. The zero-order valence-electron chi connectivity index (χ0n) is 12.0. The number of nitrogens with zero attached hydrogens (tertiary/aromatic N) is 3. The van der Waals surface area contributed by atoms with E-state index in [2.05, 4.69) is 20.8 Å². The molecule has 3 amide bonds. The summed E-state index contributed by atoms with van der Waals surface area (Å²) in [5.74, 6) is -1.08. The van der Waals surface area contributed by atoms with Crippen molar-refractivity contribution in [3.63, 3.8) is 0 Å². The molecule has 0 saturated carbocycles. The normalized spacial score (nSPS) is 11.7. The summed E-state index contributed by atoms with van der Waals surface area (Å²) in [5.41, 5.74) is 0. The Hall–Kier alpha value is -2.45. The number of aryl methyl sites for hydroxylation is 1. The predicted octanol–water partition coefficient (Wildman–Crippen LogP) is -0.316. The molecule has 1 aromatic rings. The Morgan fingerprint density at radius 3 is 2.67 bits per heavy atom. The number of imide groups is 1. The first-order valence-corrected chi connectivity index (χ1v) is 6.50. The minimum absolute atomic E-state index is 0.0109. The molecule has 9 nitrogen and oxygen atoms in total. The smallest absolute Gasteiger partial charge is 0.321 e. The van der Waals surface area contributed by atoms with Crippen molar-refractivity contribution in [1.29, 1.82) is 0 Å². The van der Waals surface area contributed by atoms with Crippen molar-refractivity contribution >= 4 is 17.9 Å². The Kier molecular flexibility index (Phi) is 6.31. The molecule has 9 heteroatoms. The highest BCUT2D eigenvalue weighted by molar-refractivity contribution is 5.94. The van der Waals surface area contributed by atoms with Crippen LogP contribution in [0.4, 0.5) is 4.79 Å². The molecule has 1 atom stereocenters. The van der Waals surface area contributed by atoms with Crippen LogP contribution >= 0.6 is 0 Å². The van der Waals surface area contributed by atoms with E-state index in [0.29, 0.717) is 13.0 Å². The third-order valence-electron chi connectivity index (χ3n) is 2.75. The second-order valence-corrected chi connectivity index (χ2v) is 4.82. The number of carboxylic acid groups (broad SMARTS) is 1. The first-order chi connectivity index (χ1) is 9.88. The van der Waals surface area contributed by atoms with Crippen molar-refractivity contribution in [2.45, 2.75) is 26.2 Å². The van der Waals surface area contributed by atoms with Gasteiger partial charge in [0, 0.05) is 32.9 Å². The zero-order chi connectivity index (χ0) is 15.8. The molecule has 1 aromatic heterocycles. The van der Waals surface area contributed by atoms with E-state index >= 15 is 0 Å². The average molecular weight is 297 g/mol. The Morgan fingerprint density at radius 2 is 2.10 bits per heavy atom. The molecule has 0 bridgehead atoms. The average Bonchev–Trinajstić information content (AvgIpc) is 2.73. The molecule has 0 aliphatic rings. The van der Waals surface area contributed by atoms with Gasteiger partial charge in [0.15, 0.2) is 0 Å². The third kappa shape index (κ3) is 6.50. The number of nitrogens with one attached hydrogen (secondary N) is 2. The molecule has 1 unspecified atom stereocenters. The minimum Gasteiger partial charge on any atom is -0.481 e. The predicted molar refractivity (Wildman–Crippen MR) is 72.3 cm³/mol. The molecule has 0 saturated heterocycles. The lowest BCUT2D eigenvalue weighted by Crippen LogP contribution is -2.40. The molecule has 0 aliphatic heterocycles. The summed E-state index contributed by atoms with van der Waals surface area (Å²) in [7, 11) is 1.79. The molecule has 0 aromatic carbocycles. The van der Waals surface area contributed by atoms with Crippen molar-refractivity contribution in [3.8, 4) is 0 Å². The van der Waals surface area contributed by atoms with Crippen LogP contribution < -0.4 is 10.6 Å². The Bertz CT molecular complexity index is 514. The lowest BCUT2D eigenvalue weighted by Gasteiger charge is -2.09. The number of carboxylic acids is 1. The number of aromatic nitrogens is 3. The fourth-order valence-corrected chi connectivity index (χ4v) is 1.73. The van der Waals surface area contributed by atoms with Crippen LogP contribution in [0.15, 0.2) is 6.33 Å². The van der Waals surface area contributed by atoms with E-state index in [1.807, 2.05) is 0 Å². The van der Waals surface area contributed by atoms with Gasteiger partial charge in [-0.25, -0.2) is 4.79 Å². The molecule has 0 aliphatic carbocycles. The van der Waals surface area contributed by atoms with E-state index in [1.165, 1.54) is 0 Å². The third-order valence-corrected chi connectivity index (χ3v) is 2.75. The van der Waals surface area contributed by atoms with Crippen LogP contribution in [0.5, 0.6) is 0 Å². The number of hydrogen-bond acceptors (Lipinski definition) is 5. The number of carbonyl (C=O) groups excluding carboxylic acids is 2. The summed E-state index contributed by atoms with van der Waals surface area (Å²) in [5, 5.41) is 20.8. The van der Waals surface area contributed by atoms with Gasteiger partial charge in [-0.2, -0.15) is 0 Å². The van der Waals surface area contributed by atoms with E-state index in [-0.39, 0.29) is 18.8 Å². The summed E-state index contributed by atoms with van der Waals surface area (Å²) in [6, 6.07) is -0.607. The van der Waals surface area contributed by atoms with Gasteiger partial charge in [-0.1, -0.05) is 6.92 Å². The van der Waals surface area contributed by atoms with Crippen LogP contribution in [0.3, 0.4) is 0 Å². The molecule has 116 valence electrons. The lowest BCUT2D eigenvalue weighted by molar-refractivity contribution is -0.138. The Labute approximate surface area is 121 Å². The van der Waals surface area contributed by atoms with Gasteiger partial charge in [0.2, 0.25) is 5.91 Å². The highest BCUT2D eigenvalue weighted by Crippen LogP contribution is 2.06. The molecule has 3 N–H and O–H groups in total. The molecule has 21 heavy (non-hydrogen) atoms. The number of urea groups is 1. The summed E-state index contributed by atoms with van der Waals surface area (Å²) in [4.78, 5) is 33.4. The first kappa shape index (κ1) is 16.6. The highest BCUT2D eigenvalue weighted by atomic mass is 16.4. The summed E-state index contributed by atoms with van der Waals surface area (Å²) >= 11 is 0. The van der Waals surface area contributed by atoms with Gasteiger partial charge < -0.3 is 15.0 Å². The quantitative estimate of drug-likeness (QED) is 0.633. The van der Waals surface area contributed by atoms with Crippen LogP contribution in [0.1, 0.15) is 25.6 Å². The summed E-state index contributed by atoms with van der Waals surface area (Å²) < 4.78 is 1.73. The van der Waals surface area contributed by atoms with Gasteiger partial charge >= 0.3 is 12.0 Å². The Morgan fingerprint density at radius 1 is 1.38 bits per heavy atom. The largest absolute Gasteiger partial charge is 0.481 e. The van der Waals surface area contributed by atoms with Gasteiger partial charge in [-0.3, -0.25) is 14.9 Å². The number of carbonyl (C=O) groups is 3. The highest BCUT2D eigenvalue weighted by Gasteiger charge is 2.14. The lowest BCUT2D eigenvalue weighted by atomic mass is 10.0. The minimum atomic E-state index is -0.969. The second-order valence-electron chi connectivity index (χ2n) is 4.82. The fraction of sp³-hybridized carbons (Fsp3) is 0.583. The first-order valence-electron chi connectivity index (χ1n) is 6.50. The van der Waals surface area contributed by atoms with Crippen LogP contribution in [-0.2, 0) is 23.1 Å². The maximum absolute atomic E-state index is 11.5.